The summed E-state index contributed by atoms with van der Waals surface area (Å²) in [6.45, 7) is 5.31. The smallest absolute Gasteiger partial charge is 0.142 e. The summed E-state index contributed by atoms with van der Waals surface area (Å²) in [5.41, 5.74) is 7.16. The Labute approximate surface area is 113 Å². The highest BCUT2D eigenvalue weighted by molar-refractivity contribution is 6.30. The van der Waals surface area contributed by atoms with Gasteiger partial charge in [0.15, 0.2) is 0 Å². The molecule has 2 atom stereocenters. The van der Waals surface area contributed by atoms with E-state index in [-0.39, 0.29) is 22.9 Å². The Morgan fingerprint density at radius 2 is 2.17 bits per heavy atom. The van der Waals surface area contributed by atoms with Crippen LogP contribution in [-0.2, 0) is 0 Å². The van der Waals surface area contributed by atoms with Crippen molar-refractivity contribution in [1.29, 1.82) is 0 Å². The molecule has 0 aromatic heterocycles. The lowest BCUT2D eigenvalue weighted by Crippen LogP contribution is -2.48. The molecule has 0 amide bonds. The fourth-order valence-corrected chi connectivity index (χ4v) is 2.88. The van der Waals surface area contributed by atoms with Gasteiger partial charge in [-0.3, -0.25) is 4.90 Å². The number of likely N-dealkylation sites (tertiary alicyclic amines) is 1. The minimum Gasteiger partial charge on any atom is -0.326 e. The molecule has 1 aromatic rings. The molecule has 0 aliphatic carbocycles. The maximum Gasteiger partial charge on any atom is 0.142 e. The second-order valence-electron chi connectivity index (χ2n) is 5.26. The summed E-state index contributed by atoms with van der Waals surface area (Å²) in [6, 6.07) is 5.57. The molecule has 0 bridgehead atoms. The molecule has 0 saturated carbocycles. The Balaban J connectivity index is 2.34. The number of nitrogens with two attached hydrogens (primary N) is 1. The minimum atomic E-state index is -0.365. The lowest BCUT2D eigenvalue weighted by atomic mass is 9.90. The zero-order chi connectivity index (χ0) is 13.3. The number of halogens is 2. The Morgan fingerprint density at radius 3 is 2.78 bits per heavy atom. The lowest BCUT2D eigenvalue weighted by Gasteiger charge is -2.42. The van der Waals surface area contributed by atoms with Gasteiger partial charge in [0, 0.05) is 12.1 Å². The van der Waals surface area contributed by atoms with Gasteiger partial charge in [0.2, 0.25) is 0 Å². The van der Waals surface area contributed by atoms with E-state index >= 15 is 0 Å². The van der Waals surface area contributed by atoms with Gasteiger partial charge in [-0.05, 0) is 50.9 Å². The first-order valence-corrected chi connectivity index (χ1v) is 6.84. The van der Waals surface area contributed by atoms with Gasteiger partial charge in [0.1, 0.15) is 5.82 Å². The van der Waals surface area contributed by atoms with Crippen LogP contribution < -0.4 is 5.73 Å². The number of hydrogen-bond acceptors (Lipinski definition) is 2. The molecule has 2 unspecified atom stereocenters. The summed E-state index contributed by atoms with van der Waals surface area (Å²) in [6.07, 6.45) is 2.09. The molecule has 1 fully saturated rings. The highest BCUT2D eigenvalue weighted by Gasteiger charge is 2.32. The summed E-state index contributed by atoms with van der Waals surface area (Å²) in [5.74, 6) is -0.365. The van der Waals surface area contributed by atoms with Crippen molar-refractivity contribution in [2.45, 2.75) is 44.8 Å². The molecule has 1 heterocycles. The third-order valence-electron chi connectivity index (χ3n) is 3.67. The molecule has 100 valence electrons. The zero-order valence-corrected chi connectivity index (χ0v) is 11.6. The fraction of sp³-hybridized carbons (Fsp3) is 0.571. The summed E-state index contributed by atoms with van der Waals surface area (Å²) in [4.78, 5) is 2.34. The first kappa shape index (κ1) is 13.8. The van der Waals surface area contributed by atoms with Gasteiger partial charge in [0.05, 0.1) is 11.1 Å². The highest BCUT2D eigenvalue weighted by atomic mass is 35.5. The monoisotopic (exact) mass is 270 g/mol. The molecule has 18 heavy (non-hydrogen) atoms. The predicted octanol–water partition coefficient (Wildman–Crippen LogP) is 3.35. The van der Waals surface area contributed by atoms with Crippen LogP contribution in [0.3, 0.4) is 0 Å². The lowest BCUT2D eigenvalue weighted by molar-refractivity contribution is 0.0945. The van der Waals surface area contributed by atoms with E-state index in [1.807, 2.05) is 6.07 Å². The van der Waals surface area contributed by atoms with Crippen molar-refractivity contribution in [3.63, 3.8) is 0 Å². The molecule has 2 N–H and O–H groups in total. The maximum absolute atomic E-state index is 13.6. The Kier molecular flexibility index (Phi) is 4.25. The largest absolute Gasteiger partial charge is 0.326 e. The standard InChI is InChI=1S/C14H20ClFN2/c1-9(2)18-7-3-4-13(17)14(18)10-5-6-11(15)12(16)8-10/h5-6,8-9,13-14H,3-4,7,17H2,1-2H3. The molecule has 0 spiro atoms. The van der Waals surface area contributed by atoms with Gasteiger partial charge in [0.25, 0.3) is 0 Å². The normalized spacial score (nSPS) is 25.7. The van der Waals surface area contributed by atoms with Crippen molar-refractivity contribution in [3.05, 3.63) is 34.6 Å². The van der Waals surface area contributed by atoms with E-state index < -0.39 is 0 Å². The topological polar surface area (TPSA) is 29.3 Å². The molecule has 1 aliphatic heterocycles. The first-order chi connectivity index (χ1) is 8.50. The highest BCUT2D eigenvalue weighted by Crippen LogP contribution is 2.33. The van der Waals surface area contributed by atoms with Crippen LogP contribution in [0, 0.1) is 5.82 Å². The van der Waals surface area contributed by atoms with Gasteiger partial charge in [-0.2, -0.15) is 0 Å². The van der Waals surface area contributed by atoms with Crippen LogP contribution in [-0.4, -0.2) is 23.5 Å². The molecule has 0 radical (unpaired) electrons. The molecule has 2 nitrogen and oxygen atoms in total. The second kappa shape index (κ2) is 5.55. The molecule has 1 saturated heterocycles. The Hall–Kier alpha value is -0.640. The average molecular weight is 271 g/mol. The molecule has 1 aromatic carbocycles. The minimum absolute atomic E-state index is 0.0572. The summed E-state index contributed by atoms with van der Waals surface area (Å²) in [5, 5.41) is 0.166. The quantitative estimate of drug-likeness (QED) is 0.893. The number of piperidine rings is 1. The number of hydrogen-bond donors (Lipinski definition) is 1. The maximum atomic E-state index is 13.6. The van der Waals surface area contributed by atoms with E-state index in [2.05, 4.69) is 18.7 Å². The van der Waals surface area contributed by atoms with Crippen molar-refractivity contribution in [1.82, 2.24) is 4.90 Å². The Morgan fingerprint density at radius 1 is 1.44 bits per heavy atom. The van der Waals surface area contributed by atoms with Crippen LogP contribution in [0.4, 0.5) is 4.39 Å². The predicted molar refractivity (Wildman–Crippen MR) is 73.2 cm³/mol. The third kappa shape index (κ3) is 2.68. The van der Waals surface area contributed by atoms with Crippen LogP contribution in [0.2, 0.25) is 5.02 Å². The number of benzene rings is 1. The third-order valence-corrected chi connectivity index (χ3v) is 3.97. The fourth-order valence-electron chi connectivity index (χ4n) is 2.77. The zero-order valence-electron chi connectivity index (χ0n) is 10.9. The van der Waals surface area contributed by atoms with Crippen molar-refractivity contribution in [2.75, 3.05) is 6.54 Å². The molecule has 4 heteroatoms. The van der Waals surface area contributed by atoms with E-state index in [1.54, 1.807) is 6.07 Å². The summed E-state index contributed by atoms with van der Waals surface area (Å²) < 4.78 is 13.6. The van der Waals surface area contributed by atoms with Crippen molar-refractivity contribution in [2.24, 2.45) is 5.73 Å². The SMILES string of the molecule is CC(C)N1CCCC(N)C1c1ccc(Cl)c(F)c1. The van der Waals surface area contributed by atoms with Crippen LogP contribution in [0.5, 0.6) is 0 Å². The number of rotatable bonds is 2. The summed E-state index contributed by atoms with van der Waals surface area (Å²) in [7, 11) is 0. The number of nitrogens with zero attached hydrogens (tertiary/aromatic N) is 1. The van der Waals surface area contributed by atoms with Gasteiger partial charge in [-0.1, -0.05) is 17.7 Å². The molecule has 1 aliphatic rings. The van der Waals surface area contributed by atoms with Crippen molar-refractivity contribution >= 4 is 11.6 Å². The van der Waals surface area contributed by atoms with E-state index in [0.29, 0.717) is 6.04 Å². The van der Waals surface area contributed by atoms with E-state index in [4.69, 9.17) is 17.3 Å². The second-order valence-corrected chi connectivity index (χ2v) is 5.66. The van der Waals surface area contributed by atoms with Crippen molar-refractivity contribution < 1.29 is 4.39 Å². The molecular formula is C14H20ClFN2. The van der Waals surface area contributed by atoms with Crippen LogP contribution in [0.25, 0.3) is 0 Å². The van der Waals surface area contributed by atoms with Gasteiger partial charge < -0.3 is 5.73 Å². The van der Waals surface area contributed by atoms with E-state index in [0.717, 1.165) is 24.9 Å². The van der Waals surface area contributed by atoms with Crippen LogP contribution in [0.1, 0.15) is 38.3 Å². The molecular weight excluding hydrogens is 251 g/mol. The van der Waals surface area contributed by atoms with Gasteiger partial charge in [-0.15, -0.1) is 0 Å². The first-order valence-electron chi connectivity index (χ1n) is 6.47. The van der Waals surface area contributed by atoms with Crippen LogP contribution in [0.15, 0.2) is 18.2 Å². The van der Waals surface area contributed by atoms with E-state index in [9.17, 15) is 4.39 Å². The van der Waals surface area contributed by atoms with Crippen LogP contribution >= 0.6 is 11.6 Å². The van der Waals surface area contributed by atoms with E-state index in [1.165, 1.54) is 6.07 Å². The van der Waals surface area contributed by atoms with Gasteiger partial charge >= 0.3 is 0 Å². The molecule has 2 rings (SSSR count). The van der Waals surface area contributed by atoms with Crippen molar-refractivity contribution in [3.8, 4) is 0 Å². The summed E-state index contributed by atoms with van der Waals surface area (Å²) >= 11 is 5.74. The Bertz CT molecular complexity index is 422. The van der Waals surface area contributed by atoms with Gasteiger partial charge in [-0.25, -0.2) is 4.39 Å². The average Bonchev–Trinajstić information content (AvgIpc) is 2.32.